The summed E-state index contributed by atoms with van der Waals surface area (Å²) in [5.74, 6) is 0. The van der Waals surface area contributed by atoms with Crippen LogP contribution in [-0.4, -0.2) is 29.2 Å². The molecule has 0 saturated carbocycles. The van der Waals surface area contributed by atoms with Crippen LogP contribution in [0.2, 0.25) is 0 Å². The number of carbonyl (C=O) groups excluding carboxylic acids is 1. The van der Waals surface area contributed by atoms with Crippen molar-refractivity contribution in [1.82, 2.24) is 4.90 Å². The minimum absolute atomic E-state index is 0.167. The van der Waals surface area contributed by atoms with Gasteiger partial charge >= 0.3 is 6.09 Å². The monoisotopic (exact) mass is 211 g/mol. The molecule has 0 aromatic rings. The van der Waals surface area contributed by atoms with Crippen LogP contribution >= 0.6 is 0 Å². The number of amides is 1. The van der Waals surface area contributed by atoms with Crippen molar-refractivity contribution in [1.29, 1.82) is 0 Å². The van der Waals surface area contributed by atoms with Crippen molar-refractivity contribution < 1.29 is 9.53 Å². The maximum atomic E-state index is 11.8. The summed E-state index contributed by atoms with van der Waals surface area (Å²) in [6, 6.07) is 0.167. The number of hydrogen-bond donors (Lipinski definition) is 0. The standard InChI is InChI=1S/C12H21NO2/c1-6-10-9(2)7-8-13(10)11(14)15-12(3,4)5/h10H,2,6-8H2,1,3-5H3. The Morgan fingerprint density at radius 1 is 1.60 bits per heavy atom. The highest BCUT2D eigenvalue weighted by Crippen LogP contribution is 2.26. The molecule has 1 saturated heterocycles. The molecule has 15 heavy (non-hydrogen) atoms. The van der Waals surface area contributed by atoms with Crippen LogP contribution in [0.3, 0.4) is 0 Å². The van der Waals surface area contributed by atoms with Gasteiger partial charge in [0.2, 0.25) is 0 Å². The number of hydrogen-bond acceptors (Lipinski definition) is 2. The summed E-state index contributed by atoms with van der Waals surface area (Å²) in [6.45, 7) is 12.5. The molecule has 1 heterocycles. The summed E-state index contributed by atoms with van der Waals surface area (Å²) in [5.41, 5.74) is 0.725. The molecule has 86 valence electrons. The lowest BCUT2D eigenvalue weighted by molar-refractivity contribution is 0.0236. The molecular weight excluding hydrogens is 190 g/mol. The zero-order valence-electron chi connectivity index (χ0n) is 10.2. The molecule has 0 N–H and O–H groups in total. The summed E-state index contributed by atoms with van der Waals surface area (Å²) in [6.07, 6.45) is 1.60. The maximum Gasteiger partial charge on any atom is 0.410 e. The van der Waals surface area contributed by atoms with E-state index in [-0.39, 0.29) is 12.1 Å². The highest BCUT2D eigenvalue weighted by atomic mass is 16.6. The molecule has 0 spiro atoms. The molecule has 0 radical (unpaired) electrons. The molecule has 3 heteroatoms. The van der Waals surface area contributed by atoms with Gasteiger partial charge < -0.3 is 9.64 Å². The van der Waals surface area contributed by atoms with E-state index in [0.29, 0.717) is 0 Å². The van der Waals surface area contributed by atoms with E-state index in [0.717, 1.165) is 25.0 Å². The van der Waals surface area contributed by atoms with E-state index in [2.05, 4.69) is 13.5 Å². The topological polar surface area (TPSA) is 29.5 Å². The van der Waals surface area contributed by atoms with E-state index in [1.165, 1.54) is 0 Å². The lowest BCUT2D eigenvalue weighted by Crippen LogP contribution is -2.39. The molecule has 0 aliphatic carbocycles. The molecule has 1 amide bonds. The van der Waals surface area contributed by atoms with Crippen LogP contribution in [0.25, 0.3) is 0 Å². The van der Waals surface area contributed by atoms with Crippen molar-refractivity contribution in [2.24, 2.45) is 0 Å². The molecule has 1 atom stereocenters. The quantitative estimate of drug-likeness (QED) is 0.624. The van der Waals surface area contributed by atoms with Crippen molar-refractivity contribution in [3.63, 3.8) is 0 Å². The van der Waals surface area contributed by atoms with Crippen LogP contribution in [-0.2, 0) is 4.74 Å². The van der Waals surface area contributed by atoms with E-state index >= 15 is 0 Å². The fourth-order valence-electron chi connectivity index (χ4n) is 1.86. The molecule has 0 aromatic carbocycles. The Hall–Kier alpha value is -0.990. The first-order valence-corrected chi connectivity index (χ1v) is 5.52. The minimum atomic E-state index is -0.417. The summed E-state index contributed by atoms with van der Waals surface area (Å²) >= 11 is 0. The second-order valence-electron chi connectivity index (χ2n) is 5.01. The zero-order valence-corrected chi connectivity index (χ0v) is 10.2. The first-order valence-electron chi connectivity index (χ1n) is 5.52. The number of rotatable bonds is 1. The van der Waals surface area contributed by atoms with Gasteiger partial charge in [-0.2, -0.15) is 0 Å². The number of carbonyl (C=O) groups is 1. The average molecular weight is 211 g/mol. The fourth-order valence-corrected chi connectivity index (χ4v) is 1.86. The first kappa shape index (κ1) is 12.1. The molecular formula is C12H21NO2. The Labute approximate surface area is 92.1 Å². The second kappa shape index (κ2) is 4.25. The normalized spacial score (nSPS) is 22.0. The van der Waals surface area contributed by atoms with Gasteiger partial charge in [0.15, 0.2) is 0 Å². The van der Waals surface area contributed by atoms with Crippen LogP contribution < -0.4 is 0 Å². The molecule has 0 aromatic heterocycles. The highest BCUT2D eigenvalue weighted by molar-refractivity contribution is 5.69. The third kappa shape index (κ3) is 2.98. The maximum absolute atomic E-state index is 11.8. The molecule has 1 fully saturated rings. The van der Waals surface area contributed by atoms with Crippen molar-refractivity contribution >= 4 is 6.09 Å². The Bertz CT molecular complexity index is 265. The predicted octanol–water partition coefficient (Wildman–Crippen LogP) is 2.96. The van der Waals surface area contributed by atoms with Gasteiger partial charge in [-0.3, -0.25) is 0 Å². The van der Waals surface area contributed by atoms with Gasteiger partial charge in [0.05, 0.1) is 6.04 Å². The van der Waals surface area contributed by atoms with Crippen molar-refractivity contribution in [3.8, 4) is 0 Å². The lowest BCUT2D eigenvalue weighted by Gasteiger charge is -2.28. The third-order valence-corrected chi connectivity index (χ3v) is 2.54. The summed E-state index contributed by atoms with van der Waals surface area (Å²) in [7, 11) is 0. The molecule has 0 bridgehead atoms. The van der Waals surface area contributed by atoms with Crippen LogP contribution in [0, 0.1) is 0 Å². The van der Waals surface area contributed by atoms with Gasteiger partial charge in [-0.25, -0.2) is 4.79 Å². The summed E-state index contributed by atoms with van der Waals surface area (Å²) in [4.78, 5) is 13.6. The number of likely N-dealkylation sites (tertiary alicyclic amines) is 1. The van der Waals surface area contributed by atoms with E-state index in [1.54, 1.807) is 4.90 Å². The molecule has 1 aliphatic heterocycles. The van der Waals surface area contributed by atoms with Gasteiger partial charge in [0.1, 0.15) is 5.60 Å². The first-order chi connectivity index (χ1) is 6.85. The number of nitrogens with zero attached hydrogens (tertiary/aromatic N) is 1. The molecule has 1 aliphatic rings. The summed E-state index contributed by atoms with van der Waals surface area (Å²) < 4.78 is 5.35. The van der Waals surface area contributed by atoms with E-state index in [1.807, 2.05) is 20.8 Å². The van der Waals surface area contributed by atoms with Crippen LogP contribution in [0.15, 0.2) is 12.2 Å². The van der Waals surface area contributed by atoms with Crippen molar-refractivity contribution in [2.45, 2.75) is 52.2 Å². The summed E-state index contributed by atoms with van der Waals surface area (Å²) in [5, 5.41) is 0. The van der Waals surface area contributed by atoms with Gasteiger partial charge in [-0.15, -0.1) is 0 Å². The highest BCUT2D eigenvalue weighted by Gasteiger charge is 2.33. The van der Waals surface area contributed by atoms with Crippen LogP contribution in [0.4, 0.5) is 4.79 Å². The number of ether oxygens (including phenoxy) is 1. The van der Waals surface area contributed by atoms with E-state index in [9.17, 15) is 4.79 Å². The molecule has 3 nitrogen and oxygen atoms in total. The molecule has 1 rings (SSSR count). The van der Waals surface area contributed by atoms with Crippen LogP contribution in [0.1, 0.15) is 40.5 Å². The minimum Gasteiger partial charge on any atom is -0.444 e. The van der Waals surface area contributed by atoms with E-state index < -0.39 is 5.60 Å². The average Bonchev–Trinajstić information content (AvgIpc) is 2.43. The van der Waals surface area contributed by atoms with Crippen LogP contribution in [0.5, 0.6) is 0 Å². The van der Waals surface area contributed by atoms with Gasteiger partial charge in [0, 0.05) is 6.54 Å². The lowest BCUT2D eigenvalue weighted by atomic mass is 10.1. The Kier molecular flexibility index (Phi) is 3.42. The zero-order chi connectivity index (χ0) is 11.6. The second-order valence-corrected chi connectivity index (χ2v) is 5.01. The Morgan fingerprint density at radius 2 is 2.20 bits per heavy atom. The third-order valence-electron chi connectivity index (χ3n) is 2.54. The van der Waals surface area contributed by atoms with Gasteiger partial charge in [0.25, 0.3) is 0 Å². The predicted molar refractivity (Wildman–Crippen MR) is 60.8 cm³/mol. The van der Waals surface area contributed by atoms with Gasteiger partial charge in [-0.1, -0.05) is 19.1 Å². The largest absolute Gasteiger partial charge is 0.444 e. The van der Waals surface area contributed by atoms with E-state index in [4.69, 9.17) is 4.74 Å². The molecule has 1 unspecified atom stereocenters. The Morgan fingerprint density at radius 3 is 2.67 bits per heavy atom. The van der Waals surface area contributed by atoms with Crippen molar-refractivity contribution in [2.75, 3.05) is 6.54 Å². The SMILES string of the molecule is C=C1CCN(C(=O)OC(C)(C)C)C1CC. The van der Waals surface area contributed by atoms with Crippen molar-refractivity contribution in [3.05, 3.63) is 12.2 Å². The van der Waals surface area contributed by atoms with Gasteiger partial charge in [-0.05, 0) is 33.6 Å². The Balaban J connectivity index is 2.64. The fraction of sp³-hybridized carbons (Fsp3) is 0.750. The smallest absolute Gasteiger partial charge is 0.410 e.